The van der Waals surface area contributed by atoms with Gasteiger partial charge in [0.25, 0.3) is 0 Å². The lowest BCUT2D eigenvalue weighted by molar-refractivity contribution is 1.04. The second-order valence-corrected chi connectivity index (χ2v) is 6.04. The van der Waals surface area contributed by atoms with E-state index in [1.54, 1.807) is 11.3 Å². The molecule has 0 saturated heterocycles. The third-order valence-corrected chi connectivity index (χ3v) is 4.73. The van der Waals surface area contributed by atoms with E-state index in [4.69, 9.17) is 5.73 Å². The summed E-state index contributed by atoms with van der Waals surface area (Å²) in [6.07, 6.45) is 0. The first-order chi connectivity index (χ1) is 9.72. The van der Waals surface area contributed by atoms with E-state index in [-0.39, 0.29) is 0 Å². The molecule has 0 aliphatic carbocycles. The van der Waals surface area contributed by atoms with E-state index in [9.17, 15) is 0 Å². The Labute approximate surface area is 121 Å². The molecule has 0 fully saturated rings. The number of hydrogen-bond donors (Lipinski definition) is 1. The van der Waals surface area contributed by atoms with E-state index in [1.165, 1.54) is 21.3 Å². The summed E-state index contributed by atoms with van der Waals surface area (Å²) in [7, 11) is 0. The molecule has 0 atom stereocenters. The summed E-state index contributed by atoms with van der Waals surface area (Å²) in [5.41, 5.74) is 11.3. The SMILES string of the molecule is C=C1c2cc(N)ccc2CN1c1ccc2ccsc2c1. The highest BCUT2D eigenvalue weighted by molar-refractivity contribution is 7.17. The van der Waals surface area contributed by atoms with Crippen LogP contribution in [-0.4, -0.2) is 0 Å². The minimum atomic E-state index is 0.792. The lowest BCUT2D eigenvalue weighted by Crippen LogP contribution is -2.12. The lowest BCUT2D eigenvalue weighted by Gasteiger charge is -2.19. The van der Waals surface area contributed by atoms with Gasteiger partial charge in [0, 0.05) is 33.9 Å². The quantitative estimate of drug-likeness (QED) is 0.665. The van der Waals surface area contributed by atoms with Gasteiger partial charge in [-0.3, -0.25) is 0 Å². The fourth-order valence-corrected chi connectivity index (χ4v) is 3.59. The molecule has 20 heavy (non-hydrogen) atoms. The summed E-state index contributed by atoms with van der Waals surface area (Å²) in [6, 6.07) is 14.8. The molecule has 0 saturated carbocycles. The zero-order valence-electron chi connectivity index (χ0n) is 11.0. The minimum Gasteiger partial charge on any atom is -0.399 e. The monoisotopic (exact) mass is 278 g/mol. The average molecular weight is 278 g/mol. The molecular weight excluding hydrogens is 264 g/mol. The fourth-order valence-electron chi connectivity index (χ4n) is 2.77. The van der Waals surface area contributed by atoms with Crippen LogP contribution in [0.25, 0.3) is 15.8 Å². The number of nitrogens with zero attached hydrogens (tertiary/aromatic N) is 1. The maximum atomic E-state index is 5.88. The Hall–Kier alpha value is -2.26. The second kappa shape index (κ2) is 4.12. The van der Waals surface area contributed by atoms with Crippen molar-refractivity contribution < 1.29 is 0 Å². The van der Waals surface area contributed by atoms with Crippen LogP contribution in [-0.2, 0) is 6.54 Å². The van der Waals surface area contributed by atoms with Gasteiger partial charge in [0.15, 0.2) is 0 Å². The molecule has 2 N–H and O–H groups in total. The summed E-state index contributed by atoms with van der Waals surface area (Å²) in [5, 5.41) is 3.42. The highest BCUT2D eigenvalue weighted by Crippen LogP contribution is 2.38. The molecule has 3 aromatic rings. The predicted molar refractivity (Wildman–Crippen MR) is 87.9 cm³/mol. The number of benzene rings is 2. The molecule has 1 aliphatic heterocycles. The van der Waals surface area contributed by atoms with Crippen LogP contribution >= 0.6 is 11.3 Å². The number of anilines is 2. The minimum absolute atomic E-state index is 0.792. The van der Waals surface area contributed by atoms with E-state index < -0.39 is 0 Å². The number of hydrogen-bond acceptors (Lipinski definition) is 3. The molecule has 0 unspecified atom stereocenters. The number of rotatable bonds is 1. The summed E-state index contributed by atoms with van der Waals surface area (Å²) >= 11 is 1.77. The number of thiophene rings is 1. The number of nitrogens with two attached hydrogens (primary N) is 1. The van der Waals surface area contributed by atoms with E-state index in [0.717, 1.165) is 23.5 Å². The van der Waals surface area contributed by atoms with Crippen molar-refractivity contribution in [3.05, 3.63) is 65.6 Å². The zero-order valence-corrected chi connectivity index (χ0v) is 11.8. The van der Waals surface area contributed by atoms with Crippen LogP contribution in [0.4, 0.5) is 11.4 Å². The maximum Gasteiger partial charge on any atom is 0.0488 e. The Morgan fingerprint density at radius 1 is 1.10 bits per heavy atom. The number of nitrogen functional groups attached to an aromatic ring is 1. The molecule has 2 heterocycles. The second-order valence-electron chi connectivity index (χ2n) is 5.09. The normalized spacial score (nSPS) is 14.0. The Kier molecular flexibility index (Phi) is 2.38. The highest BCUT2D eigenvalue weighted by atomic mass is 32.1. The van der Waals surface area contributed by atoms with Gasteiger partial charge in [0.05, 0.1) is 0 Å². The Morgan fingerprint density at radius 2 is 2.00 bits per heavy atom. The molecule has 2 aromatic carbocycles. The van der Waals surface area contributed by atoms with Gasteiger partial charge in [-0.25, -0.2) is 0 Å². The van der Waals surface area contributed by atoms with Crippen LogP contribution < -0.4 is 10.6 Å². The zero-order chi connectivity index (χ0) is 13.7. The summed E-state index contributed by atoms with van der Waals surface area (Å²) < 4.78 is 1.31. The molecule has 0 radical (unpaired) electrons. The van der Waals surface area contributed by atoms with Crippen molar-refractivity contribution in [1.82, 2.24) is 0 Å². The van der Waals surface area contributed by atoms with E-state index in [2.05, 4.69) is 47.2 Å². The van der Waals surface area contributed by atoms with Gasteiger partial charge in [0.2, 0.25) is 0 Å². The third-order valence-electron chi connectivity index (χ3n) is 3.85. The molecule has 1 aromatic heterocycles. The first-order valence-corrected chi connectivity index (χ1v) is 7.43. The van der Waals surface area contributed by atoms with Gasteiger partial charge in [0.1, 0.15) is 0 Å². The summed E-state index contributed by atoms with van der Waals surface area (Å²) in [4.78, 5) is 2.25. The topological polar surface area (TPSA) is 29.3 Å². The maximum absolute atomic E-state index is 5.88. The molecule has 0 amide bonds. The van der Waals surface area contributed by atoms with Gasteiger partial charge in [-0.2, -0.15) is 0 Å². The van der Waals surface area contributed by atoms with Crippen molar-refractivity contribution in [3.8, 4) is 0 Å². The molecule has 3 heteroatoms. The molecule has 2 nitrogen and oxygen atoms in total. The van der Waals surface area contributed by atoms with E-state index >= 15 is 0 Å². The molecule has 4 rings (SSSR count). The fraction of sp³-hybridized carbons (Fsp3) is 0.0588. The van der Waals surface area contributed by atoms with Crippen LogP contribution in [0.2, 0.25) is 0 Å². The van der Waals surface area contributed by atoms with Gasteiger partial charge in [-0.15, -0.1) is 11.3 Å². The van der Waals surface area contributed by atoms with Crippen LogP contribution in [0.15, 0.2) is 54.4 Å². The predicted octanol–water partition coefficient (Wildman–Crippen LogP) is 4.47. The van der Waals surface area contributed by atoms with Crippen LogP contribution in [0.1, 0.15) is 11.1 Å². The highest BCUT2D eigenvalue weighted by Gasteiger charge is 2.23. The molecule has 98 valence electrons. The Balaban J connectivity index is 1.79. The van der Waals surface area contributed by atoms with Crippen molar-refractivity contribution >= 4 is 38.5 Å². The molecule has 0 spiro atoms. The average Bonchev–Trinajstić information content (AvgIpc) is 3.03. The smallest absolute Gasteiger partial charge is 0.0488 e. The van der Waals surface area contributed by atoms with Gasteiger partial charge in [-0.1, -0.05) is 18.7 Å². The van der Waals surface area contributed by atoms with Crippen LogP contribution in [0.3, 0.4) is 0 Å². The number of fused-ring (bicyclic) bond motifs is 2. The largest absolute Gasteiger partial charge is 0.399 e. The molecule has 1 aliphatic rings. The summed E-state index contributed by atoms with van der Waals surface area (Å²) in [5.74, 6) is 0. The first-order valence-electron chi connectivity index (χ1n) is 6.55. The van der Waals surface area contributed by atoms with Crippen molar-refractivity contribution in [2.24, 2.45) is 0 Å². The van der Waals surface area contributed by atoms with E-state index in [1.807, 2.05) is 12.1 Å². The van der Waals surface area contributed by atoms with Crippen molar-refractivity contribution in [3.63, 3.8) is 0 Å². The van der Waals surface area contributed by atoms with Gasteiger partial charge < -0.3 is 10.6 Å². The van der Waals surface area contributed by atoms with Crippen molar-refractivity contribution in [2.75, 3.05) is 10.6 Å². The standard InChI is InChI=1S/C17H14N2S/c1-11-16-8-14(18)4-2-13(16)10-19(11)15-5-3-12-6-7-20-17(12)9-15/h2-9H,1,10,18H2. The van der Waals surface area contributed by atoms with Crippen LogP contribution in [0.5, 0.6) is 0 Å². The van der Waals surface area contributed by atoms with E-state index in [0.29, 0.717) is 0 Å². The van der Waals surface area contributed by atoms with Crippen LogP contribution in [0, 0.1) is 0 Å². The molecule has 0 bridgehead atoms. The van der Waals surface area contributed by atoms with Crippen molar-refractivity contribution in [2.45, 2.75) is 6.54 Å². The first kappa shape index (κ1) is 11.6. The summed E-state index contributed by atoms with van der Waals surface area (Å²) in [6.45, 7) is 5.10. The van der Waals surface area contributed by atoms with Gasteiger partial charge in [-0.05, 0) is 46.7 Å². The Bertz CT molecular complexity index is 832. The van der Waals surface area contributed by atoms with Crippen molar-refractivity contribution in [1.29, 1.82) is 0 Å². The molecular formula is C17H14N2S. The lowest BCUT2D eigenvalue weighted by atomic mass is 10.1. The van der Waals surface area contributed by atoms with Gasteiger partial charge >= 0.3 is 0 Å². The third kappa shape index (κ3) is 1.63. The Morgan fingerprint density at radius 3 is 2.90 bits per heavy atom.